The topological polar surface area (TPSA) is 111 Å². The molecule has 1 saturated carbocycles. The molecule has 1 heterocycles. The third kappa shape index (κ3) is 5.27. The van der Waals surface area contributed by atoms with E-state index in [0.717, 1.165) is 19.3 Å². The summed E-state index contributed by atoms with van der Waals surface area (Å²) in [6.45, 7) is 6.03. The van der Waals surface area contributed by atoms with Crippen molar-refractivity contribution in [2.75, 3.05) is 37.8 Å². The Morgan fingerprint density at radius 1 is 1.27 bits per heavy atom. The van der Waals surface area contributed by atoms with Crippen molar-refractivity contribution in [3.63, 3.8) is 0 Å². The maximum Gasteiger partial charge on any atom is 0.341 e. The lowest BCUT2D eigenvalue weighted by atomic mass is 9.78. The second-order valence-corrected chi connectivity index (χ2v) is 8.08. The number of hydrogen-bond donors (Lipinski definition) is 1. The van der Waals surface area contributed by atoms with E-state index >= 15 is 0 Å². The molecular formula is C21H29N3O6. The first-order valence-corrected chi connectivity index (χ1v) is 10.4. The van der Waals surface area contributed by atoms with Crippen molar-refractivity contribution in [2.24, 2.45) is 11.8 Å². The summed E-state index contributed by atoms with van der Waals surface area (Å²) in [7, 11) is 0. The van der Waals surface area contributed by atoms with Gasteiger partial charge in [-0.25, -0.2) is 4.79 Å². The lowest BCUT2D eigenvalue weighted by Crippen LogP contribution is -2.45. The molecule has 1 amide bonds. The third-order valence-corrected chi connectivity index (χ3v) is 6.15. The molecule has 1 aromatic rings. The largest absolute Gasteiger partial charge is 0.452 e. The minimum absolute atomic E-state index is 0.0710. The van der Waals surface area contributed by atoms with Gasteiger partial charge in [0.05, 0.1) is 29.4 Å². The van der Waals surface area contributed by atoms with E-state index in [1.54, 1.807) is 6.07 Å². The molecule has 0 aromatic heterocycles. The average Bonchev–Trinajstić information content (AvgIpc) is 2.75. The van der Waals surface area contributed by atoms with Crippen molar-refractivity contribution in [1.29, 1.82) is 0 Å². The first-order valence-electron chi connectivity index (χ1n) is 10.4. The van der Waals surface area contributed by atoms with Crippen LogP contribution in [0.1, 0.15) is 43.5 Å². The maximum atomic E-state index is 12.7. The number of nitro groups is 1. The normalized spacial score (nSPS) is 24.2. The predicted molar refractivity (Wildman–Crippen MR) is 111 cm³/mol. The third-order valence-electron chi connectivity index (χ3n) is 6.15. The molecule has 9 nitrogen and oxygen atoms in total. The molecule has 9 heteroatoms. The molecule has 30 heavy (non-hydrogen) atoms. The van der Waals surface area contributed by atoms with Crippen LogP contribution in [0.2, 0.25) is 0 Å². The molecular weight excluding hydrogens is 390 g/mol. The van der Waals surface area contributed by atoms with Gasteiger partial charge in [0.15, 0.2) is 6.61 Å². The van der Waals surface area contributed by atoms with E-state index in [1.165, 1.54) is 12.1 Å². The smallest absolute Gasteiger partial charge is 0.341 e. The number of carbonyl (C=O) groups excluding carboxylic acids is 2. The first-order chi connectivity index (χ1) is 14.4. The Morgan fingerprint density at radius 3 is 2.70 bits per heavy atom. The number of nitro benzene ring substituents is 1. The van der Waals surface area contributed by atoms with E-state index in [0.29, 0.717) is 43.8 Å². The molecule has 3 atom stereocenters. The molecule has 1 aromatic carbocycles. The zero-order chi connectivity index (χ0) is 21.7. The molecule has 1 N–H and O–H groups in total. The summed E-state index contributed by atoms with van der Waals surface area (Å²) >= 11 is 0. The Bertz CT molecular complexity index is 793. The van der Waals surface area contributed by atoms with Crippen molar-refractivity contribution in [3.8, 4) is 0 Å². The number of amides is 1. The lowest BCUT2D eigenvalue weighted by Gasteiger charge is -2.34. The van der Waals surface area contributed by atoms with Gasteiger partial charge in [0.25, 0.3) is 11.6 Å². The number of ether oxygens (including phenoxy) is 2. The highest BCUT2D eigenvalue weighted by Crippen LogP contribution is 2.30. The van der Waals surface area contributed by atoms with Gasteiger partial charge in [0.1, 0.15) is 0 Å². The zero-order valence-electron chi connectivity index (χ0n) is 17.5. The van der Waals surface area contributed by atoms with E-state index < -0.39 is 17.5 Å². The van der Waals surface area contributed by atoms with E-state index in [4.69, 9.17) is 9.47 Å². The number of nitrogens with one attached hydrogen (secondary N) is 1. The van der Waals surface area contributed by atoms with Crippen LogP contribution in [-0.2, 0) is 14.3 Å². The fourth-order valence-corrected chi connectivity index (χ4v) is 4.12. The molecule has 2 aliphatic rings. The molecule has 164 valence electrons. The number of hydrogen-bond acceptors (Lipinski definition) is 7. The molecule has 0 bridgehead atoms. The van der Waals surface area contributed by atoms with Crippen LogP contribution in [0.25, 0.3) is 0 Å². The fourth-order valence-electron chi connectivity index (χ4n) is 4.12. The minimum atomic E-state index is -0.750. The van der Waals surface area contributed by atoms with Crippen LogP contribution in [0.3, 0.4) is 0 Å². The molecule has 1 aliphatic carbocycles. The quantitative estimate of drug-likeness (QED) is 0.428. The van der Waals surface area contributed by atoms with Gasteiger partial charge < -0.3 is 19.7 Å². The number of nitrogens with zero attached hydrogens (tertiary/aromatic N) is 2. The van der Waals surface area contributed by atoms with E-state index in [2.05, 4.69) is 19.2 Å². The van der Waals surface area contributed by atoms with Crippen molar-refractivity contribution in [2.45, 2.75) is 39.2 Å². The Hall–Kier alpha value is -2.68. The summed E-state index contributed by atoms with van der Waals surface area (Å²) in [6.07, 6.45) is 3.13. The van der Waals surface area contributed by atoms with E-state index in [9.17, 15) is 19.7 Å². The average molecular weight is 419 g/mol. The number of rotatable bonds is 6. The minimum Gasteiger partial charge on any atom is -0.452 e. The summed E-state index contributed by atoms with van der Waals surface area (Å²) in [5, 5.41) is 14.1. The van der Waals surface area contributed by atoms with Crippen LogP contribution in [0.4, 0.5) is 11.4 Å². The highest BCUT2D eigenvalue weighted by molar-refractivity contribution is 5.97. The van der Waals surface area contributed by atoms with Gasteiger partial charge in [0, 0.05) is 31.3 Å². The standard InChI is InChI=1S/C21H29N3O6/c1-14-4-3-5-18(15(14)2)22-20(25)13-30-21(26)17-12-16(24(27)28)6-7-19(17)23-8-10-29-11-9-23/h6-7,12,14-15,18H,3-5,8-11,13H2,1-2H3,(H,22,25). The Balaban J connectivity index is 1.66. The Kier molecular flexibility index (Phi) is 7.25. The molecule has 2 fully saturated rings. The van der Waals surface area contributed by atoms with Crippen LogP contribution in [-0.4, -0.2) is 55.8 Å². The predicted octanol–water partition coefficient (Wildman–Crippen LogP) is 2.53. The van der Waals surface area contributed by atoms with Crippen molar-refractivity contribution < 1.29 is 24.0 Å². The number of benzene rings is 1. The van der Waals surface area contributed by atoms with Gasteiger partial charge in [-0.05, 0) is 24.3 Å². The number of non-ortho nitro benzene ring substituents is 1. The molecule has 0 spiro atoms. The SMILES string of the molecule is CC1CCCC(NC(=O)COC(=O)c2cc([N+](=O)[O-])ccc2N2CCOCC2)C1C. The number of esters is 1. The van der Waals surface area contributed by atoms with Gasteiger partial charge in [-0.15, -0.1) is 0 Å². The molecule has 0 radical (unpaired) electrons. The van der Waals surface area contributed by atoms with Gasteiger partial charge in [0.2, 0.25) is 0 Å². The Labute approximate surface area is 175 Å². The van der Waals surface area contributed by atoms with Crippen molar-refractivity contribution in [3.05, 3.63) is 33.9 Å². The van der Waals surface area contributed by atoms with Crippen LogP contribution in [0.15, 0.2) is 18.2 Å². The Morgan fingerprint density at radius 2 is 2.00 bits per heavy atom. The van der Waals surface area contributed by atoms with E-state index in [1.807, 2.05) is 4.90 Å². The number of morpholine rings is 1. The van der Waals surface area contributed by atoms with Crippen molar-refractivity contribution in [1.82, 2.24) is 5.32 Å². The summed E-state index contributed by atoms with van der Waals surface area (Å²) in [6, 6.07) is 4.18. The van der Waals surface area contributed by atoms with Gasteiger partial charge in [-0.3, -0.25) is 14.9 Å². The van der Waals surface area contributed by atoms with Crippen molar-refractivity contribution >= 4 is 23.3 Å². The second-order valence-electron chi connectivity index (χ2n) is 8.08. The maximum absolute atomic E-state index is 12.7. The van der Waals surface area contributed by atoms with Gasteiger partial charge in [-0.1, -0.05) is 26.7 Å². The summed E-state index contributed by atoms with van der Waals surface area (Å²) in [5.41, 5.74) is 0.427. The number of carbonyl (C=O) groups is 2. The molecule has 3 rings (SSSR count). The van der Waals surface area contributed by atoms with Gasteiger partial charge in [-0.2, -0.15) is 0 Å². The molecule has 1 saturated heterocycles. The summed E-state index contributed by atoms with van der Waals surface area (Å²) in [4.78, 5) is 37.6. The van der Waals surface area contributed by atoms with Crippen LogP contribution in [0, 0.1) is 22.0 Å². The van der Waals surface area contributed by atoms with Crippen LogP contribution >= 0.6 is 0 Å². The second kappa shape index (κ2) is 9.88. The van der Waals surface area contributed by atoms with E-state index in [-0.39, 0.29) is 23.2 Å². The van der Waals surface area contributed by atoms with Crippen LogP contribution in [0.5, 0.6) is 0 Å². The zero-order valence-corrected chi connectivity index (χ0v) is 17.5. The van der Waals surface area contributed by atoms with Crippen LogP contribution < -0.4 is 10.2 Å². The summed E-state index contributed by atoms with van der Waals surface area (Å²) < 4.78 is 10.6. The van der Waals surface area contributed by atoms with Gasteiger partial charge >= 0.3 is 5.97 Å². The monoisotopic (exact) mass is 419 g/mol. The number of anilines is 1. The fraction of sp³-hybridized carbons (Fsp3) is 0.619. The highest BCUT2D eigenvalue weighted by atomic mass is 16.6. The molecule has 3 unspecified atom stereocenters. The molecule has 1 aliphatic heterocycles. The lowest BCUT2D eigenvalue weighted by molar-refractivity contribution is -0.384. The first kappa shape index (κ1) is 22.0. The summed E-state index contributed by atoms with van der Waals surface area (Å²) in [5.74, 6) is -0.205. The highest BCUT2D eigenvalue weighted by Gasteiger charge is 2.29.